The monoisotopic (exact) mass is 306 g/mol. The van der Waals surface area contributed by atoms with E-state index in [1.165, 1.54) is 4.90 Å². The van der Waals surface area contributed by atoms with Gasteiger partial charge in [-0.25, -0.2) is 0 Å². The Morgan fingerprint density at radius 1 is 0.905 bits per heavy atom. The Morgan fingerprint density at radius 3 is 1.95 bits per heavy atom. The highest BCUT2D eigenvalue weighted by Gasteiger charge is 2.20. The Bertz CT molecular complexity index is 398. The van der Waals surface area contributed by atoms with Crippen LogP contribution < -0.4 is 5.32 Å². The Labute approximate surface area is 120 Å². The van der Waals surface area contributed by atoms with Crippen LogP contribution >= 0.6 is 0 Å². The fraction of sp³-hybridized carbons (Fsp3) is 0.636. The standard InChI is InChI=1S/C11H18N2O8/c14-8(15)1-3-13(6-10(18)19)4-2-12-7(11(20)21)5-9(16)17/h7,12H,1-6H2,(H,14,15)(H,16,17)(H,18,19)(H,20,21)/t7-/m0/s1. The minimum absolute atomic E-state index is 0.0000179. The van der Waals surface area contributed by atoms with Crippen LogP contribution in [0.3, 0.4) is 0 Å². The fourth-order valence-corrected chi connectivity index (χ4v) is 1.53. The summed E-state index contributed by atoms with van der Waals surface area (Å²) in [5.41, 5.74) is 0. The quantitative estimate of drug-likeness (QED) is 0.282. The minimum Gasteiger partial charge on any atom is -0.481 e. The summed E-state index contributed by atoms with van der Waals surface area (Å²) in [7, 11) is 0. The summed E-state index contributed by atoms with van der Waals surface area (Å²) in [4.78, 5) is 43.7. The van der Waals surface area contributed by atoms with Gasteiger partial charge in [0.05, 0.1) is 19.4 Å². The van der Waals surface area contributed by atoms with Crippen molar-refractivity contribution in [2.24, 2.45) is 0 Å². The number of carboxylic acids is 4. The number of nitrogens with one attached hydrogen (secondary N) is 1. The van der Waals surface area contributed by atoms with Crippen LogP contribution in [0.4, 0.5) is 0 Å². The Kier molecular flexibility index (Phi) is 8.65. The number of carbonyl (C=O) groups is 4. The average molecular weight is 306 g/mol. The third-order valence-corrected chi connectivity index (χ3v) is 2.50. The second kappa shape index (κ2) is 9.66. The highest BCUT2D eigenvalue weighted by Crippen LogP contribution is 1.95. The maximum atomic E-state index is 10.8. The topological polar surface area (TPSA) is 164 Å². The molecule has 21 heavy (non-hydrogen) atoms. The number of aliphatic carboxylic acids is 4. The molecule has 0 saturated carbocycles. The first kappa shape index (κ1) is 18.8. The molecule has 0 aliphatic heterocycles. The number of hydrogen-bond acceptors (Lipinski definition) is 6. The summed E-state index contributed by atoms with van der Waals surface area (Å²) in [6.45, 7) is -0.272. The minimum atomic E-state index is -1.33. The van der Waals surface area contributed by atoms with Crippen LogP contribution in [0.25, 0.3) is 0 Å². The van der Waals surface area contributed by atoms with E-state index in [4.69, 9.17) is 20.4 Å². The molecular formula is C11H18N2O8. The largest absolute Gasteiger partial charge is 0.481 e. The number of carboxylic acid groups (broad SMARTS) is 4. The van der Waals surface area contributed by atoms with Gasteiger partial charge in [-0.3, -0.25) is 24.1 Å². The molecular weight excluding hydrogens is 288 g/mol. The van der Waals surface area contributed by atoms with E-state index >= 15 is 0 Å². The number of rotatable bonds is 12. The molecule has 1 atom stereocenters. The smallest absolute Gasteiger partial charge is 0.321 e. The van der Waals surface area contributed by atoms with Crippen LogP contribution in [-0.2, 0) is 19.2 Å². The van der Waals surface area contributed by atoms with Crippen molar-refractivity contribution >= 4 is 23.9 Å². The molecule has 0 saturated heterocycles. The van der Waals surface area contributed by atoms with Gasteiger partial charge in [-0.2, -0.15) is 0 Å². The molecule has 0 bridgehead atoms. The number of nitrogens with zero attached hydrogens (tertiary/aromatic N) is 1. The maximum absolute atomic E-state index is 10.8. The van der Waals surface area contributed by atoms with Gasteiger partial charge >= 0.3 is 23.9 Å². The van der Waals surface area contributed by atoms with Crippen molar-refractivity contribution in [2.45, 2.75) is 18.9 Å². The van der Waals surface area contributed by atoms with E-state index in [2.05, 4.69) is 5.32 Å². The van der Waals surface area contributed by atoms with Crippen molar-refractivity contribution in [3.63, 3.8) is 0 Å². The lowest BCUT2D eigenvalue weighted by molar-refractivity contribution is -0.146. The van der Waals surface area contributed by atoms with Crippen LogP contribution in [0.5, 0.6) is 0 Å². The summed E-state index contributed by atoms with van der Waals surface area (Å²) in [6, 6.07) is -1.28. The first-order chi connectivity index (χ1) is 9.72. The molecule has 10 heteroatoms. The summed E-state index contributed by atoms with van der Waals surface area (Å²) in [5, 5.41) is 37.1. The first-order valence-electron chi connectivity index (χ1n) is 6.06. The van der Waals surface area contributed by atoms with E-state index in [0.717, 1.165) is 0 Å². The third kappa shape index (κ3) is 10.3. The lowest BCUT2D eigenvalue weighted by Crippen LogP contribution is -2.44. The van der Waals surface area contributed by atoms with Gasteiger partial charge in [-0.15, -0.1) is 0 Å². The van der Waals surface area contributed by atoms with E-state index in [-0.39, 0.29) is 32.6 Å². The van der Waals surface area contributed by atoms with Gasteiger partial charge in [0, 0.05) is 19.6 Å². The van der Waals surface area contributed by atoms with Crippen LogP contribution in [0.15, 0.2) is 0 Å². The van der Waals surface area contributed by atoms with E-state index in [9.17, 15) is 19.2 Å². The SMILES string of the molecule is O=C(O)CCN(CCN[C@@H](CC(=O)O)C(=O)O)CC(=O)O. The summed E-state index contributed by atoms with van der Waals surface area (Å²) in [5.74, 6) is -4.82. The van der Waals surface area contributed by atoms with E-state index in [0.29, 0.717) is 0 Å². The molecule has 0 rings (SSSR count). The average Bonchev–Trinajstić information content (AvgIpc) is 2.33. The van der Waals surface area contributed by atoms with Crippen molar-refractivity contribution in [3.05, 3.63) is 0 Å². The Balaban J connectivity index is 4.31. The number of hydrogen-bond donors (Lipinski definition) is 5. The lowest BCUT2D eigenvalue weighted by atomic mass is 10.2. The zero-order valence-corrected chi connectivity index (χ0v) is 11.2. The highest BCUT2D eigenvalue weighted by molar-refractivity contribution is 5.80. The molecule has 0 aromatic carbocycles. The second-order valence-corrected chi connectivity index (χ2v) is 4.26. The molecule has 0 radical (unpaired) electrons. The first-order valence-corrected chi connectivity index (χ1v) is 6.06. The molecule has 10 nitrogen and oxygen atoms in total. The normalized spacial score (nSPS) is 12.0. The summed E-state index contributed by atoms with van der Waals surface area (Å²) >= 11 is 0. The molecule has 0 aromatic rings. The van der Waals surface area contributed by atoms with E-state index in [1.807, 2.05) is 0 Å². The summed E-state index contributed by atoms with van der Waals surface area (Å²) < 4.78 is 0. The highest BCUT2D eigenvalue weighted by atomic mass is 16.4. The zero-order valence-electron chi connectivity index (χ0n) is 11.2. The van der Waals surface area contributed by atoms with Crippen LogP contribution in [0, 0.1) is 0 Å². The Hall–Kier alpha value is -2.20. The molecule has 0 amide bonds. The zero-order chi connectivity index (χ0) is 16.4. The van der Waals surface area contributed by atoms with Crippen molar-refractivity contribution in [2.75, 3.05) is 26.2 Å². The van der Waals surface area contributed by atoms with Gasteiger partial charge in [0.25, 0.3) is 0 Å². The van der Waals surface area contributed by atoms with Gasteiger partial charge in [-0.05, 0) is 0 Å². The van der Waals surface area contributed by atoms with Gasteiger partial charge in [0.1, 0.15) is 6.04 Å². The molecule has 0 aromatic heterocycles. The lowest BCUT2D eigenvalue weighted by Gasteiger charge is -2.20. The second-order valence-electron chi connectivity index (χ2n) is 4.26. The third-order valence-electron chi connectivity index (χ3n) is 2.50. The van der Waals surface area contributed by atoms with Crippen LogP contribution in [-0.4, -0.2) is 81.4 Å². The molecule has 0 unspecified atom stereocenters. The van der Waals surface area contributed by atoms with E-state index < -0.39 is 36.3 Å². The van der Waals surface area contributed by atoms with E-state index in [1.54, 1.807) is 0 Å². The molecule has 0 aliphatic rings. The Morgan fingerprint density at radius 2 is 1.52 bits per heavy atom. The predicted octanol–water partition coefficient (Wildman–Crippen LogP) is -1.63. The molecule has 0 spiro atoms. The summed E-state index contributed by atoms with van der Waals surface area (Å²) in [6.07, 6.45) is -0.853. The van der Waals surface area contributed by atoms with Crippen molar-refractivity contribution < 1.29 is 39.6 Å². The molecule has 5 N–H and O–H groups in total. The molecule has 0 aliphatic carbocycles. The van der Waals surface area contributed by atoms with Gasteiger partial charge in [0.2, 0.25) is 0 Å². The van der Waals surface area contributed by atoms with Crippen molar-refractivity contribution in [1.29, 1.82) is 0 Å². The van der Waals surface area contributed by atoms with Gasteiger partial charge in [0.15, 0.2) is 0 Å². The molecule has 0 heterocycles. The predicted molar refractivity (Wildman–Crippen MR) is 68.0 cm³/mol. The van der Waals surface area contributed by atoms with Gasteiger partial charge < -0.3 is 25.7 Å². The van der Waals surface area contributed by atoms with Crippen LogP contribution in [0.1, 0.15) is 12.8 Å². The van der Waals surface area contributed by atoms with Crippen molar-refractivity contribution in [1.82, 2.24) is 10.2 Å². The molecule has 120 valence electrons. The van der Waals surface area contributed by atoms with Crippen molar-refractivity contribution in [3.8, 4) is 0 Å². The van der Waals surface area contributed by atoms with Crippen LogP contribution in [0.2, 0.25) is 0 Å². The molecule has 0 fully saturated rings. The van der Waals surface area contributed by atoms with Gasteiger partial charge in [-0.1, -0.05) is 0 Å². The fourth-order valence-electron chi connectivity index (χ4n) is 1.53. The maximum Gasteiger partial charge on any atom is 0.321 e.